The molecule has 1 aromatic heterocycles. The smallest absolute Gasteiger partial charge is 0.223 e. The lowest BCUT2D eigenvalue weighted by molar-refractivity contribution is -0.125. The van der Waals surface area contributed by atoms with Gasteiger partial charge in [-0.1, -0.05) is 23.1 Å². The number of aryl methyl sites for hydroxylation is 1. The van der Waals surface area contributed by atoms with Gasteiger partial charge in [0.25, 0.3) is 0 Å². The van der Waals surface area contributed by atoms with Gasteiger partial charge in [0, 0.05) is 18.2 Å². The highest BCUT2D eigenvalue weighted by molar-refractivity contribution is 8.01. The van der Waals surface area contributed by atoms with Crippen LogP contribution in [-0.2, 0) is 14.6 Å². The van der Waals surface area contributed by atoms with Crippen LogP contribution in [-0.4, -0.2) is 48.3 Å². The van der Waals surface area contributed by atoms with Crippen molar-refractivity contribution in [3.63, 3.8) is 0 Å². The maximum absolute atomic E-state index is 11.9. The maximum Gasteiger partial charge on any atom is 0.223 e. The summed E-state index contributed by atoms with van der Waals surface area (Å²) in [4.78, 5) is 11.9. The summed E-state index contributed by atoms with van der Waals surface area (Å²) in [5.41, 5.74) is 0. The van der Waals surface area contributed by atoms with E-state index in [1.807, 2.05) is 6.92 Å². The molecule has 0 atom stereocenters. The lowest BCUT2D eigenvalue weighted by Crippen LogP contribution is -2.36. The number of hydrogen-bond acceptors (Lipinski definition) is 7. The first-order valence-electron chi connectivity index (χ1n) is 6.87. The third-order valence-electron chi connectivity index (χ3n) is 3.28. The van der Waals surface area contributed by atoms with Gasteiger partial charge in [-0.2, -0.15) is 0 Å². The van der Waals surface area contributed by atoms with Crippen molar-refractivity contribution >= 4 is 38.8 Å². The van der Waals surface area contributed by atoms with E-state index in [4.69, 9.17) is 0 Å². The molecule has 2 rings (SSSR count). The van der Waals surface area contributed by atoms with Crippen molar-refractivity contribution in [1.29, 1.82) is 0 Å². The molecule has 0 unspecified atom stereocenters. The number of nitrogens with one attached hydrogen (secondary N) is 1. The zero-order valence-electron chi connectivity index (χ0n) is 11.9. The van der Waals surface area contributed by atoms with Gasteiger partial charge in [0.05, 0.1) is 11.5 Å². The Morgan fingerprint density at radius 3 is 2.71 bits per heavy atom. The predicted octanol–water partition coefficient (Wildman–Crippen LogP) is 1.27. The first kappa shape index (κ1) is 16.7. The van der Waals surface area contributed by atoms with E-state index in [0.717, 1.165) is 21.5 Å². The summed E-state index contributed by atoms with van der Waals surface area (Å²) in [6, 6.07) is 0. The Balaban J connectivity index is 1.59. The average molecular weight is 350 g/mol. The number of aromatic nitrogens is 2. The topological polar surface area (TPSA) is 89.0 Å². The molecule has 1 aromatic rings. The molecule has 1 aliphatic rings. The first-order chi connectivity index (χ1) is 9.96. The second-order valence-corrected chi connectivity index (χ2v) is 9.83. The van der Waals surface area contributed by atoms with Crippen LogP contribution in [0.1, 0.15) is 24.3 Å². The standard InChI is InChI=1S/C12H19N3O3S3/c1-9-14-15-12(20-9)19-6-2-5-13-11(16)10-3-7-21(17,18)8-4-10/h10H,2-8H2,1H3,(H,13,16). The first-order valence-corrected chi connectivity index (χ1v) is 10.5. The minimum atomic E-state index is -2.90. The summed E-state index contributed by atoms with van der Waals surface area (Å²) in [7, 11) is -2.90. The predicted molar refractivity (Wildman–Crippen MR) is 84.4 cm³/mol. The molecule has 1 fully saturated rings. The van der Waals surface area contributed by atoms with Gasteiger partial charge in [-0.3, -0.25) is 4.79 Å². The van der Waals surface area contributed by atoms with E-state index in [1.165, 1.54) is 0 Å². The third kappa shape index (κ3) is 5.55. The lowest BCUT2D eigenvalue weighted by atomic mass is 10.0. The number of hydrogen-bond donors (Lipinski definition) is 1. The van der Waals surface area contributed by atoms with E-state index in [0.29, 0.717) is 19.4 Å². The number of amides is 1. The number of sulfone groups is 1. The van der Waals surface area contributed by atoms with E-state index in [2.05, 4.69) is 15.5 Å². The van der Waals surface area contributed by atoms with Gasteiger partial charge in [-0.15, -0.1) is 10.2 Å². The minimum Gasteiger partial charge on any atom is -0.356 e. The van der Waals surface area contributed by atoms with Crippen molar-refractivity contribution in [2.24, 2.45) is 5.92 Å². The summed E-state index contributed by atoms with van der Waals surface area (Å²) in [6.07, 6.45) is 1.76. The van der Waals surface area contributed by atoms with E-state index in [-0.39, 0.29) is 23.3 Å². The molecule has 6 nitrogen and oxygen atoms in total. The minimum absolute atomic E-state index is 0.0124. The van der Waals surface area contributed by atoms with E-state index >= 15 is 0 Å². The van der Waals surface area contributed by atoms with Crippen LogP contribution in [0.15, 0.2) is 4.34 Å². The Hall–Kier alpha value is -0.670. The number of carbonyl (C=O) groups excluding carboxylic acids is 1. The molecule has 0 aromatic carbocycles. The fourth-order valence-electron chi connectivity index (χ4n) is 2.08. The van der Waals surface area contributed by atoms with Crippen molar-refractivity contribution in [2.75, 3.05) is 23.8 Å². The van der Waals surface area contributed by atoms with Gasteiger partial charge in [0.2, 0.25) is 5.91 Å². The van der Waals surface area contributed by atoms with E-state index in [9.17, 15) is 13.2 Å². The Morgan fingerprint density at radius 2 is 2.10 bits per heavy atom. The highest BCUT2D eigenvalue weighted by atomic mass is 32.2. The SMILES string of the molecule is Cc1nnc(SCCCNC(=O)C2CCS(=O)(=O)CC2)s1. The van der Waals surface area contributed by atoms with Gasteiger partial charge in [-0.25, -0.2) is 8.42 Å². The Kier molecular flexibility index (Phi) is 6.00. The normalized spacial score (nSPS) is 18.5. The summed E-state index contributed by atoms with van der Waals surface area (Å²) < 4.78 is 23.6. The largest absolute Gasteiger partial charge is 0.356 e. The van der Waals surface area contributed by atoms with Crippen LogP contribution < -0.4 is 5.32 Å². The van der Waals surface area contributed by atoms with Gasteiger partial charge in [0.1, 0.15) is 14.8 Å². The maximum atomic E-state index is 11.9. The van der Waals surface area contributed by atoms with Crippen LogP contribution in [0.25, 0.3) is 0 Å². The van der Waals surface area contributed by atoms with Crippen molar-refractivity contribution < 1.29 is 13.2 Å². The van der Waals surface area contributed by atoms with Crippen LogP contribution in [0.2, 0.25) is 0 Å². The van der Waals surface area contributed by atoms with Crippen molar-refractivity contribution in [3.8, 4) is 0 Å². The van der Waals surface area contributed by atoms with Crippen LogP contribution in [0.5, 0.6) is 0 Å². The van der Waals surface area contributed by atoms with Crippen molar-refractivity contribution in [1.82, 2.24) is 15.5 Å². The second-order valence-electron chi connectivity index (χ2n) is 5.01. The quantitative estimate of drug-likeness (QED) is 0.614. The fourth-order valence-corrected chi connectivity index (χ4v) is 5.39. The molecule has 1 N–H and O–H groups in total. The van der Waals surface area contributed by atoms with Crippen LogP contribution in [0.4, 0.5) is 0 Å². The van der Waals surface area contributed by atoms with E-state index in [1.54, 1.807) is 23.1 Å². The average Bonchev–Trinajstić information content (AvgIpc) is 2.84. The zero-order chi connectivity index (χ0) is 15.3. The number of carbonyl (C=O) groups is 1. The number of rotatable bonds is 6. The van der Waals surface area contributed by atoms with Gasteiger partial charge in [0.15, 0.2) is 4.34 Å². The summed E-state index contributed by atoms with van der Waals surface area (Å²) in [5, 5.41) is 11.8. The second kappa shape index (κ2) is 7.55. The molecule has 2 heterocycles. The number of nitrogens with zero attached hydrogens (tertiary/aromatic N) is 2. The lowest BCUT2D eigenvalue weighted by Gasteiger charge is -2.21. The van der Waals surface area contributed by atoms with Crippen molar-refractivity contribution in [3.05, 3.63) is 5.01 Å². The molecular formula is C12H19N3O3S3. The monoisotopic (exact) mass is 349 g/mol. The molecule has 1 amide bonds. The molecule has 1 aliphatic heterocycles. The molecule has 0 radical (unpaired) electrons. The van der Waals surface area contributed by atoms with Gasteiger partial charge >= 0.3 is 0 Å². The Labute approximate surface area is 133 Å². The molecule has 118 valence electrons. The van der Waals surface area contributed by atoms with Gasteiger partial charge < -0.3 is 5.32 Å². The molecule has 1 saturated heterocycles. The molecule has 0 spiro atoms. The highest BCUT2D eigenvalue weighted by Gasteiger charge is 2.28. The molecule has 0 saturated carbocycles. The van der Waals surface area contributed by atoms with Crippen LogP contribution >= 0.6 is 23.1 Å². The molecular weight excluding hydrogens is 330 g/mol. The molecule has 0 bridgehead atoms. The molecule has 0 aliphatic carbocycles. The Bertz CT molecular complexity index is 572. The summed E-state index contributed by atoms with van der Waals surface area (Å²) in [5.74, 6) is 0.997. The summed E-state index contributed by atoms with van der Waals surface area (Å²) in [6.45, 7) is 2.54. The molecule has 21 heavy (non-hydrogen) atoms. The van der Waals surface area contributed by atoms with E-state index < -0.39 is 9.84 Å². The molecule has 9 heteroatoms. The van der Waals surface area contributed by atoms with Crippen molar-refractivity contribution in [2.45, 2.75) is 30.5 Å². The van der Waals surface area contributed by atoms with Gasteiger partial charge in [-0.05, 0) is 26.2 Å². The summed E-state index contributed by atoms with van der Waals surface area (Å²) >= 11 is 3.21. The third-order valence-corrected chi connectivity index (χ3v) is 7.05. The highest BCUT2D eigenvalue weighted by Crippen LogP contribution is 2.22. The van der Waals surface area contributed by atoms with Crippen LogP contribution in [0.3, 0.4) is 0 Å². The zero-order valence-corrected chi connectivity index (χ0v) is 14.3. The Morgan fingerprint density at radius 1 is 1.38 bits per heavy atom. The van der Waals surface area contributed by atoms with Crippen LogP contribution in [0, 0.1) is 12.8 Å². The fraction of sp³-hybridized carbons (Fsp3) is 0.750. The number of thioether (sulfide) groups is 1.